The summed E-state index contributed by atoms with van der Waals surface area (Å²) < 4.78 is 10.1. The minimum absolute atomic E-state index is 0.325. The molecule has 1 amide bonds. The van der Waals surface area contributed by atoms with Crippen molar-refractivity contribution in [1.29, 1.82) is 0 Å². The Bertz CT molecular complexity index is 506. The van der Waals surface area contributed by atoms with Crippen LogP contribution in [0.3, 0.4) is 0 Å². The molecule has 0 bridgehead atoms. The number of aromatic nitrogens is 1. The first-order chi connectivity index (χ1) is 9.73. The molecule has 1 aromatic rings. The molecule has 0 aliphatic heterocycles. The number of hydrogen-bond acceptors (Lipinski definition) is 6. The Labute approximate surface area is 128 Å². The summed E-state index contributed by atoms with van der Waals surface area (Å²) in [5, 5.41) is 3.44. The maximum absolute atomic E-state index is 11.6. The van der Waals surface area contributed by atoms with Gasteiger partial charge in [0.25, 0.3) is 0 Å². The van der Waals surface area contributed by atoms with Gasteiger partial charge in [0.2, 0.25) is 0 Å². The Morgan fingerprint density at radius 2 is 2.00 bits per heavy atom. The maximum atomic E-state index is 11.6. The SMILES string of the molecule is CCOC(=O)c1nc(CCNC(=O)OC(C)(C)C)sc1C. The summed E-state index contributed by atoms with van der Waals surface area (Å²) in [5.41, 5.74) is -0.159. The molecule has 6 nitrogen and oxygen atoms in total. The lowest BCUT2D eigenvalue weighted by Gasteiger charge is -2.19. The number of nitrogens with zero attached hydrogens (tertiary/aromatic N) is 1. The van der Waals surface area contributed by atoms with Gasteiger partial charge in [-0.3, -0.25) is 0 Å². The second kappa shape index (κ2) is 7.40. The predicted molar refractivity (Wildman–Crippen MR) is 80.7 cm³/mol. The molecule has 0 unspecified atom stereocenters. The van der Waals surface area contributed by atoms with Gasteiger partial charge in [-0.05, 0) is 34.6 Å². The number of rotatable bonds is 5. The Hall–Kier alpha value is -1.63. The molecule has 0 saturated carbocycles. The zero-order valence-corrected chi connectivity index (χ0v) is 13.9. The van der Waals surface area contributed by atoms with Gasteiger partial charge in [-0.2, -0.15) is 0 Å². The highest BCUT2D eigenvalue weighted by Crippen LogP contribution is 2.18. The number of ether oxygens (including phenoxy) is 2. The minimum atomic E-state index is -0.515. The van der Waals surface area contributed by atoms with Crippen LogP contribution in [0.5, 0.6) is 0 Å². The van der Waals surface area contributed by atoms with E-state index in [4.69, 9.17) is 9.47 Å². The lowest BCUT2D eigenvalue weighted by atomic mass is 10.2. The van der Waals surface area contributed by atoms with Crippen LogP contribution in [0.4, 0.5) is 4.79 Å². The number of aryl methyl sites for hydroxylation is 1. The summed E-state index contributed by atoms with van der Waals surface area (Å²) in [6.07, 6.45) is 0.0887. The van der Waals surface area contributed by atoms with Crippen LogP contribution in [-0.4, -0.2) is 35.8 Å². The van der Waals surface area contributed by atoms with Crippen LogP contribution in [0.1, 0.15) is 48.1 Å². The van der Waals surface area contributed by atoms with E-state index in [1.54, 1.807) is 6.92 Å². The molecular formula is C14H22N2O4S. The molecule has 0 spiro atoms. The smallest absolute Gasteiger partial charge is 0.407 e. The Morgan fingerprint density at radius 3 is 2.57 bits per heavy atom. The van der Waals surface area contributed by atoms with Gasteiger partial charge in [0.05, 0.1) is 11.6 Å². The summed E-state index contributed by atoms with van der Waals surface area (Å²) in [5.74, 6) is -0.405. The molecule has 0 aromatic carbocycles. The van der Waals surface area contributed by atoms with Crippen LogP contribution in [0, 0.1) is 6.92 Å². The molecule has 1 aromatic heterocycles. The van der Waals surface area contributed by atoms with Crippen LogP contribution >= 0.6 is 11.3 Å². The number of carbonyl (C=O) groups excluding carboxylic acids is 2. The molecule has 1 rings (SSSR count). The number of thiazole rings is 1. The maximum Gasteiger partial charge on any atom is 0.407 e. The third-order valence-corrected chi connectivity index (χ3v) is 3.35. The van der Waals surface area contributed by atoms with E-state index in [2.05, 4.69) is 10.3 Å². The van der Waals surface area contributed by atoms with Crippen LogP contribution < -0.4 is 5.32 Å². The Morgan fingerprint density at radius 1 is 1.33 bits per heavy atom. The highest BCUT2D eigenvalue weighted by Gasteiger charge is 2.18. The van der Waals surface area contributed by atoms with Gasteiger partial charge in [0.1, 0.15) is 5.60 Å². The quantitative estimate of drug-likeness (QED) is 0.846. The number of carbonyl (C=O) groups is 2. The number of nitrogens with one attached hydrogen (secondary N) is 1. The van der Waals surface area contributed by atoms with E-state index in [0.29, 0.717) is 25.3 Å². The highest BCUT2D eigenvalue weighted by molar-refractivity contribution is 7.11. The van der Waals surface area contributed by atoms with Crippen LogP contribution in [0.2, 0.25) is 0 Å². The molecule has 0 fully saturated rings. The monoisotopic (exact) mass is 314 g/mol. The molecule has 7 heteroatoms. The van der Waals surface area contributed by atoms with Crippen LogP contribution in [0.25, 0.3) is 0 Å². The molecular weight excluding hydrogens is 292 g/mol. The largest absolute Gasteiger partial charge is 0.461 e. The molecule has 0 aliphatic carbocycles. The van der Waals surface area contributed by atoms with Crippen molar-refractivity contribution in [1.82, 2.24) is 10.3 Å². The van der Waals surface area contributed by atoms with Crippen molar-refractivity contribution in [3.8, 4) is 0 Å². The average molecular weight is 314 g/mol. The zero-order valence-electron chi connectivity index (χ0n) is 13.1. The standard InChI is InChI=1S/C14H22N2O4S/c1-6-19-12(17)11-9(2)21-10(16-11)7-8-15-13(18)20-14(3,4)5/h6-8H2,1-5H3,(H,15,18). The number of alkyl carbamates (subject to hydrolysis) is 1. The van der Waals surface area contributed by atoms with E-state index in [1.807, 2.05) is 27.7 Å². The van der Waals surface area contributed by atoms with Gasteiger partial charge in [0.15, 0.2) is 5.69 Å². The van der Waals surface area contributed by atoms with Gasteiger partial charge in [0, 0.05) is 17.8 Å². The average Bonchev–Trinajstić information content (AvgIpc) is 2.68. The number of amides is 1. The van der Waals surface area contributed by atoms with E-state index < -0.39 is 17.7 Å². The van der Waals surface area contributed by atoms with E-state index in [1.165, 1.54) is 11.3 Å². The molecule has 0 atom stereocenters. The van der Waals surface area contributed by atoms with Crippen LogP contribution in [0.15, 0.2) is 0 Å². The summed E-state index contributed by atoms with van der Waals surface area (Å²) in [6.45, 7) is 9.74. The molecule has 1 N–H and O–H groups in total. The third kappa shape index (κ3) is 6.12. The summed E-state index contributed by atoms with van der Waals surface area (Å²) >= 11 is 1.43. The van der Waals surface area contributed by atoms with Crippen molar-refractivity contribution < 1.29 is 19.1 Å². The molecule has 21 heavy (non-hydrogen) atoms. The Kier molecular flexibility index (Phi) is 6.14. The fourth-order valence-corrected chi connectivity index (χ4v) is 2.45. The number of esters is 1. The van der Waals surface area contributed by atoms with Gasteiger partial charge >= 0.3 is 12.1 Å². The molecule has 0 aliphatic rings. The first kappa shape index (κ1) is 17.4. The third-order valence-electron chi connectivity index (χ3n) is 2.32. The van der Waals surface area contributed by atoms with Crippen molar-refractivity contribution in [2.24, 2.45) is 0 Å². The topological polar surface area (TPSA) is 77.5 Å². The van der Waals surface area contributed by atoms with Crippen LogP contribution in [-0.2, 0) is 15.9 Å². The molecule has 0 radical (unpaired) electrons. The fraction of sp³-hybridized carbons (Fsp3) is 0.643. The van der Waals surface area contributed by atoms with Crippen molar-refractivity contribution in [3.05, 3.63) is 15.6 Å². The van der Waals surface area contributed by atoms with Gasteiger partial charge in [-0.15, -0.1) is 11.3 Å². The zero-order chi connectivity index (χ0) is 16.0. The van der Waals surface area contributed by atoms with E-state index in [0.717, 1.165) is 9.88 Å². The predicted octanol–water partition coefficient (Wildman–Crippen LogP) is 2.70. The fourth-order valence-electron chi connectivity index (χ4n) is 1.53. The summed E-state index contributed by atoms with van der Waals surface area (Å²) in [7, 11) is 0. The van der Waals surface area contributed by atoms with Crippen molar-refractivity contribution >= 4 is 23.4 Å². The Balaban J connectivity index is 2.48. The highest BCUT2D eigenvalue weighted by atomic mass is 32.1. The minimum Gasteiger partial charge on any atom is -0.461 e. The first-order valence-corrected chi connectivity index (χ1v) is 7.65. The second-order valence-corrected chi connectivity index (χ2v) is 6.70. The first-order valence-electron chi connectivity index (χ1n) is 6.83. The number of hydrogen-bond donors (Lipinski definition) is 1. The molecule has 0 saturated heterocycles. The van der Waals surface area contributed by atoms with E-state index in [-0.39, 0.29) is 0 Å². The summed E-state index contributed by atoms with van der Waals surface area (Å²) in [6, 6.07) is 0. The lowest BCUT2D eigenvalue weighted by Crippen LogP contribution is -2.33. The van der Waals surface area contributed by atoms with Gasteiger partial charge < -0.3 is 14.8 Å². The molecule has 1 heterocycles. The van der Waals surface area contributed by atoms with Gasteiger partial charge in [-0.1, -0.05) is 0 Å². The summed E-state index contributed by atoms with van der Waals surface area (Å²) in [4.78, 5) is 28.2. The lowest BCUT2D eigenvalue weighted by molar-refractivity contribution is 0.0510. The van der Waals surface area contributed by atoms with Crippen molar-refractivity contribution in [2.75, 3.05) is 13.2 Å². The second-order valence-electron chi connectivity index (χ2n) is 5.41. The van der Waals surface area contributed by atoms with Crippen molar-refractivity contribution in [3.63, 3.8) is 0 Å². The van der Waals surface area contributed by atoms with Gasteiger partial charge in [-0.25, -0.2) is 14.6 Å². The molecule has 118 valence electrons. The van der Waals surface area contributed by atoms with Crippen molar-refractivity contribution in [2.45, 2.75) is 46.6 Å². The normalized spacial score (nSPS) is 11.1. The van der Waals surface area contributed by atoms with E-state index in [9.17, 15) is 9.59 Å². The van der Waals surface area contributed by atoms with E-state index >= 15 is 0 Å².